The predicted octanol–water partition coefficient (Wildman–Crippen LogP) is 1.81. The Labute approximate surface area is 96.3 Å². The van der Waals surface area contributed by atoms with Crippen LogP contribution in [-0.4, -0.2) is 36.2 Å². The summed E-state index contributed by atoms with van der Waals surface area (Å²) in [5, 5.41) is 3.85. The van der Waals surface area contributed by atoms with Gasteiger partial charge in [-0.2, -0.15) is 11.8 Å². The topological polar surface area (TPSA) is 38.3 Å². The van der Waals surface area contributed by atoms with Crippen LogP contribution in [0.25, 0.3) is 0 Å². The summed E-state index contributed by atoms with van der Waals surface area (Å²) >= 11 is 2.01. The number of carbonyl (C=O) groups is 1. The second-order valence-electron chi connectivity index (χ2n) is 4.16. The highest BCUT2D eigenvalue weighted by Gasteiger charge is 2.14. The van der Waals surface area contributed by atoms with Gasteiger partial charge in [0, 0.05) is 11.8 Å². The van der Waals surface area contributed by atoms with Gasteiger partial charge in [0.2, 0.25) is 0 Å². The maximum atomic E-state index is 11.2. The van der Waals surface area contributed by atoms with E-state index in [1.54, 1.807) is 0 Å². The Kier molecular flexibility index (Phi) is 6.10. The fourth-order valence-electron chi connectivity index (χ4n) is 1.61. The Morgan fingerprint density at radius 3 is 2.93 bits per heavy atom. The molecule has 3 nitrogen and oxygen atoms in total. The molecule has 0 amide bonds. The van der Waals surface area contributed by atoms with E-state index in [0.717, 1.165) is 6.54 Å². The lowest BCUT2D eigenvalue weighted by atomic mass is 10.2. The predicted molar refractivity (Wildman–Crippen MR) is 64.2 cm³/mol. The molecule has 0 spiro atoms. The molecule has 1 aliphatic rings. The smallest absolute Gasteiger partial charge is 0.320 e. The van der Waals surface area contributed by atoms with Crippen molar-refractivity contribution in [3.8, 4) is 0 Å². The minimum Gasteiger partial charge on any atom is -0.462 e. The van der Waals surface area contributed by atoms with E-state index in [1.165, 1.54) is 25.0 Å². The highest BCUT2D eigenvalue weighted by molar-refractivity contribution is 7.99. The van der Waals surface area contributed by atoms with Crippen molar-refractivity contribution >= 4 is 17.7 Å². The second kappa shape index (κ2) is 7.12. The summed E-state index contributed by atoms with van der Waals surface area (Å²) in [6.07, 6.45) is 3.94. The van der Waals surface area contributed by atoms with E-state index in [4.69, 9.17) is 4.74 Å². The molecule has 1 fully saturated rings. The standard InChI is InChI=1S/C11H21NO2S/c1-9(2)14-11(13)8-12-7-10-5-3-4-6-15-10/h9-10,12H,3-8H2,1-2H3. The SMILES string of the molecule is CC(C)OC(=O)CNCC1CCCCS1. The van der Waals surface area contributed by atoms with Crippen molar-refractivity contribution < 1.29 is 9.53 Å². The lowest BCUT2D eigenvalue weighted by molar-refractivity contribution is -0.146. The highest BCUT2D eigenvalue weighted by atomic mass is 32.2. The molecule has 1 rings (SSSR count). The molecule has 1 aliphatic heterocycles. The normalized spacial score (nSPS) is 21.7. The Hall–Kier alpha value is -0.220. The van der Waals surface area contributed by atoms with Gasteiger partial charge in [0.1, 0.15) is 0 Å². The molecule has 0 radical (unpaired) electrons. The van der Waals surface area contributed by atoms with E-state index in [9.17, 15) is 4.79 Å². The summed E-state index contributed by atoms with van der Waals surface area (Å²) in [5.74, 6) is 1.12. The van der Waals surface area contributed by atoms with Gasteiger partial charge in [0.05, 0.1) is 12.6 Å². The lowest BCUT2D eigenvalue weighted by Gasteiger charge is -2.21. The first-order chi connectivity index (χ1) is 7.18. The van der Waals surface area contributed by atoms with E-state index in [0.29, 0.717) is 11.8 Å². The van der Waals surface area contributed by atoms with Gasteiger partial charge in [-0.25, -0.2) is 0 Å². The molecule has 1 heterocycles. The third kappa shape index (κ3) is 6.05. The Morgan fingerprint density at radius 1 is 1.53 bits per heavy atom. The number of nitrogens with one attached hydrogen (secondary N) is 1. The zero-order valence-electron chi connectivity index (χ0n) is 9.62. The Bertz CT molecular complexity index is 191. The molecule has 88 valence electrons. The quantitative estimate of drug-likeness (QED) is 0.732. The van der Waals surface area contributed by atoms with Crippen LogP contribution in [0.4, 0.5) is 0 Å². The van der Waals surface area contributed by atoms with Gasteiger partial charge in [0.15, 0.2) is 0 Å². The van der Waals surface area contributed by atoms with Gasteiger partial charge in [-0.1, -0.05) is 6.42 Å². The van der Waals surface area contributed by atoms with E-state index in [1.807, 2.05) is 25.6 Å². The summed E-state index contributed by atoms with van der Waals surface area (Å²) in [5.41, 5.74) is 0. The lowest BCUT2D eigenvalue weighted by Crippen LogP contribution is -2.32. The third-order valence-electron chi connectivity index (χ3n) is 2.28. The molecular formula is C11H21NO2S. The summed E-state index contributed by atoms with van der Waals surface area (Å²) in [4.78, 5) is 11.2. The minimum atomic E-state index is -0.147. The zero-order chi connectivity index (χ0) is 11.1. The van der Waals surface area contributed by atoms with E-state index >= 15 is 0 Å². The van der Waals surface area contributed by atoms with Crippen LogP contribution in [0.3, 0.4) is 0 Å². The molecule has 0 aliphatic carbocycles. The minimum absolute atomic E-state index is 0.0108. The molecule has 4 heteroatoms. The number of esters is 1. The van der Waals surface area contributed by atoms with Crippen molar-refractivity contribution in [2.75, 3.05) is 18.8 Å². The average Bonchev–Trinajstić information content (AvgIpc) is 2.18. The summed E-state index contributed by atoms with van der Waals surface area (Å²) in [7, 11) is 0. The molecule has 0 aromatic carbocycles. The monoisotopic (exact) mass is 231 g/mol. The summed E-state index contributed by atoms with van der Waals surface area (Å²) in [6, 6.07) is 0. The summed E-state index contributed by atoms with van der Waals surface area (Å²) < 4.78 is 5.03. The number of hydrogen-bond acceptors (Lipinski definition) is 4. The third-order valence-corrected chi connectivity index (χ3v) is 3.68. The van der Waals surface area contributed by atoms with Gasteiger partial charge in [0.25, 0.3) is 0 Å². The van der Waals surface area contributed by atoms with Gasteiger partial charge in [-0.15, -0.1) is 0 Å². The van der Waals surface area contributed by atoms with Crippen molar-refractivity contribution in [1.82, 2.24) is 5.32 Å². The Morgan fingerprint density at radius 2 is 2.33 bits per heavy atom. The van der Waals surface area contributed by atoms with Crippen molar-refractivity contribution in [2.45, 2.75) is 44.5 Å². The van der Waals surface area contributed by atoms with Crippen LogP contribution in [0.15, 0.2) is 0 Å². The van der Waals surface area contributed by atoms with Crippen molar-refractivity contribution in [2.24, 2.45) is 0 Å². The van der Waals surface area contributed by atoms with Gasteiger partial charge >= 0.3 is 5.97 Å². The number of rotatable bonds is 5. The Balaban J connectivity index is 2.02. The maximum Gasteiger partial charge on any atom is 0.320 e. The first kappa shape index (κ1) is 12.8. The molecule has 15 heavy (non-hydrogen) atoms. The van der Waals surface area contributed by atoms with E-state index in [-0.39, 0.29) is 12.1 Å². The van der Waals surface area contributed by atoms with Crippen LogP contribution in [0.2, 0.25) is 0 Å². The molecular weight excluding hydrogens is 210 g/mol. The van der Waals surface area contributed by atoms with Crippen molar-refractivity contribution in [3.05, 3.63) is 0 Å². The van der Waals surface area contributed by atoms with Crippen LogP contribution in [0.5, 0.6) is 0 Å². The van der Waals surface area contributed by atoms with Crippen LogP contribution in [0.1, 0.15) is 33.1 Å². The largest absolute Gasteiger partial charge is 0.462 e. The molecule has 1 N–H and O–H groups in total. The molecule has 1 saturated heterocycles. The van der Waals surface area contributed by atoms with Crippen LogP contribution < -0.4 is 5.32 Å². The first-order valence-corrected chi connectivity index (χ1v) is 6.75. The van der Waals surface area contributed by atoms with Crippen LogP contribution in [0, 0.1) is 0 Å². The number of thioether (sulfide) groups is 1. The highest BCUT2D eigenvalue weighted by Crippen LogP contribution is 2.24. The van der Waals surface area contributed by atoms with Crippen molar-refractivity contribution in [1.29, 1.82) is 0 Å². The fourth-order valence-corrected chi connectivity index (χ4v) is 2.88. The molecule has 0 aromatic heterocycles. The van der Waals surface area contributed by atoms with Gasteiger partial charge in [-0.3, -0.25) is 4.79 Å². The maximum absolute atomic E-state index is 11.2. The molecule has 1 unspecified atom stereocenters. The zero-order valence-corrected chi connectivity index (χ0v) is 10.4. The number of ether oxygens (including phenoxy) is 1. The summed E-state index contributed by atoms with van der Waals surface area (Å²) in [6.45, 7) is 5.01. The number of carbonyl (C=O) groups excluding carboxylic acids is 1. The first-order valence-electron chi connectivity index (χ1n) is 5.70. The van der Waals surface area contributed by atoms with E-state index in [2.05, 4.69) is 5.32 Å². The van der Waals surface area contributed by atoms with Crippen LogP contribution in [-0.2, 0) is 9.53 Å². The van der Waals surface area contributed by atoms with Crippen LogP contribution >= 0.6 is 11.8 Å². The molecule has 1 atom stereocenters. The molecule has 0 bridgehead atoms. The molecule has 0 aromatic rings. The van der Waals surface area contributed by atoms with E-state index < -0.39 is 0 Å². The molecule has 0 saturated carbocycles. The fraction of sp³-hybridized carbons (Fsp3) is 0.909. The average molecular weight is 231 g/mol. The van der Waals surface area contributed by atoms with Gasteiger partial charge < -0.3 is 10.1 Å². The number of hydrogen-bond donors (Lipinski definition) is 1. The van der Waals surface area contributed by atoms with Gasteiger partial charge in [-0.05, 0) is 32.4 Å². The second-order valence-corrected chi connectivity index (χ2v) is 5.57. The van der Waals surface area contributed by atoms with Crippen molar-refractivity contribution in [3.63, 3.8) is 0 Å².